The Morgan fingerprint density at radius 2 is 2.00 bits per heavy atom. The number of hydrogen-bond donors (Lipinski definition) is 3. The minimum Gasteiger partial charge on any atom is -0.366 e. The Balaban J connectivity index is 0.00000176. The minimum atomic E-state index is -0.294. The zero-order valence-corrected chi connectivity index (χ0v) is 12.8. The maximum absolute atomic E-state index is 13.0. The average Bonchev–Trinajstić information content (AvgIpc) is 3.21. The fourth-order valence-electron chi connectivity index (χ4n) is 2.53. The summed E-state index contributed by atoms with van der Waals surface area (Å²) >= 11 is 0. The quantitative estimate of drug-likeness (QED) is 0.791. The first-order chi connectivity index (χ1) is 10.2. The van der Waals surface area contributed by atoms with Crippen LogP contribution in [0.15, 0.2) is 36.7 Å². The molecule has 0 saturated heterocycles. The first-order valence-electron chi connectivity index (χ1n) is 7.12. The van der Waals surface area contributed by atoms with E-state index < -0.39 is 0 Å². The number of nitrogens with one attached hydrogen (secondary N) is 2. The van der Waals surface area contributed by atoms with Crippen molar-refractivity contribution in [2.45, 2.75) is 18.9 Å². The lowest BCUT2D eigenvalue weighted by molar-refractivity contribution is 0.0934. The van der Waals surface area contributed by atoms with E-state index in [1.54, 1.807) is 24.5 Å². The summed E-state index contributed by atoms with van der Waals surface area (Å²) in [5.41, 5.74) is 7.84. The molecule has 118 valence electrons. The molecule has 1 aliphatic carbocycles. The molecule has 0 bridgehead atoms. The zero-order valence-electron chi connectivity index (χ0n) is 12.0. The molecule has 2 aromatic rings. The number of nitrogens with two attached hydrogens (primary N) is 1. The summed E-state index contributed by atoms with van der Waals surface area (Å²) < 4.78 is 13.0. The highest BCUT2D eigenvalue weighted by Crippen LogP contribution is 2.32. The van der Waals surface area contributed by atoms with Gasteiger partial charge in [0.25, 0.3) is 5.91 Å². The van der Waals surface area contributed by atoms with E-state index in [9.17, 15) is 9.18 Å². The van der Waals surface area contributed by atoms with Crippen LogP contribution in [0, 0.1) is 11.7 Å². The topological polar surface area (TPSA) is 70.9 Å². The molecule has 0 spiro atoms. The molecule has 1 aromatic heterocycles. The van der Waals surface area contributed by atoms with E-state index in [0.717, 1.165) is 24.0 Å². The summed E-state index contributed by atoms with van der Waals surface area (Å²) in [5.74, 6) is 0.0716. The minimum absolute atomic E-state index is 0. The monoisotopic (exact) mass is 323 g/mol. The van der Waals surface area contributed by atoms with Crippen LogP contribution in [0.25, 0.3) is 11.1 Å². The van der Waals surface area contributed by atoms with Gasteiger partial charge in [-0.25, -0.2) is 4.39 Å². The molecule has 3 rings (SSSR count). The number of hydrogen-bond acceptors (Lipinski definition) is 2. The average molecular weight is 324 g/mol. The predicted octanol–water partition coefficient (Wildman–Crippen LogP) is 2.71. The fraction of sp³-hybridized carbons (Fsp3) is 0.312. The molecule has 1 saturated carbocycles. The van der Waals surface area contributed by atoms with E-state index in [4.69, 9.17) is 5.73 Å². The van der Waals surface area contributed by atoms with E-state index in [0.29, 0.717) is 18.0 Å². The number of rotatable bonds is 5. The highest BCUT2D eigenvalue weighted by molar-refractivity contribution is 6.01. The van der Waals surface area contributed by atoms with Gasteiger partial charge in [0.1, 0.15) is 5.82 Å². The van der Waals surface area contributed by atoms with Gasteiger partial charge in [-0.3, -0.25) is 4.79 Å². The van der Waals surface area contributed by atoms with Crippen molar-refractivity contribution in [3.05, 3.63) is 48.0 Å². The van der Waals surface area contributed by atoms with E-state index >= 15 is 0 Å². The van der Waals surface area contributed by atoms with Gasteiger partial charge in [-0.05, 0) is 36.5 Å². The van der Waals surface area contributed by atoms with E-state index in [-0.39, 0.29) is 30.2 Å². The number of halogens is 2. The number of carbonyl (C=O) groups is 1. The maximum Gasteiger partial charge on any atom is 0.253 e. The Labute approximate surface area is 134 Å². The summed E-state index contributed by atoms with van der Waals surface area (Å²) in [6, 6.07) is 6.13. The molecule has 1 atom stereocenters. The van der Waals surface area contributed by atoms with Crippen LogP contribution >= 0.6 is 12.4 Å². The first kappa shape index (κ1) is 16.5. The smallest absolute Gasteiger partial charge is 0.253 e. The maximum atomic E-state index is 13.0. The molecule has 1 unspecified atom stereocenters. The second kappa shape index (κ2) is 6.94. The van der Waals surface area contributed by atoms with Gasteiger partial charge < -0.3 is 16.0 Å². The molecule has 1 heterocycles. The van der Waals surface area contributed by atoms with Gasteiger partial charge >= 0.3 is 0 Å². The first-order valence-corrected chi connectivity index (χ1v) is 7.12. The third-order valence-electron chi connectivity index (χ3n) is 3.91. The van der Waals surface area contributed by atoms with Crippen molar-refractivity contribution >= 4 is 18.3 Å². The summed E-state index contributed by atoms with van der Waals surface area (Å²) in [4.78, 5) is 15.4. The molecule has 4 nitrogen and oxygen atoms in total. The van der Waals surface area contributed by atoms with E-state index in [1.807, 2.05) is 0 Å². The number of H-pyrrole nitrogens is 1. The van der Waals surface area contributed by atoms with Crippen LogP contribution in [-0.2, 0) is 0 Å². The van der Waals surface area contributed by atoms with Crippen molar-refractivity contribution in [2.75, 3.05) is 6.54 Å². The summed E-state index contributed by atoms with van der Waals surface area (Å²) in [6.45, 7) is 0.451. The largest absolute Gasteiger partial charge is 0.366 e. The van der Waals surface area contributed by atoms with Gasteiger partial charge in [0.15, 0.2) is 0 Å². The fourth-order valence-corrected chi connectivity index (χ4v) is 2.53. The van der Waals surface area contributed by atoms with Gasteiger partial charge in [0.05, 0.1) is 5.56 Å². The molecule has 1 amide bonds. The third kappa shape index (κ3) is 3.48. The molecular weight excluding hydrogens is 305 g/mol. The van der Waals surface area contributed by atoms with Crippen LogP contribution in [0.3, 0.4) is 0 Å². The Bertz CT molecular complexity index is 637. The van der Waals surface area contributed by atoms with Gasteiger partial charge in [0, 0.05) is 30.5 Å². The molecule has 1 aliphatic rings. The van der Waals surface area contributed by atoms with Crippen molar-refractivity contribution < 1.29 is 9.18 Å². The van der Waals surface area contributed by atoms with Crippen LogP contribution in [0.4, 0.5) is 4.39 Å². The van der Waals surface area contributed by atoms with Gasteiger partial charge in [-0.2, -0.15) is 0 Å². The van der Waals surface area contributed by atoms with E-state index in [1.165, 1.54) is 12.1 Å². The SMILES string of the molecule is Cl.NCC(NC(=O)c1c[nH]cc1-c1ccc(F)cc1)C1CC1. The van der Waals surface area contributed by atoms with Gasteiger partial charge in [0.2, 0.25) is 0 Å². The summed E-state index contributed by atoms with van der Waals surface area (Å²) in [6.07, 6.45) is 5.66. The van der Waals surface area contributed by atoms with Crippen molar-refractivity contribution in [3.63, 3.8) is 0 Å². The Hall–Kier alpha value is -1.85. The van der Waals surface area contributed by atoms with Gasteiger partial charge in [-0.1, -0.05) is 12.1 Å². The predicted molar refractivity (Wildman–Crippen MR) is 86.5 cm³/mol. The molecule has 6 heteroatoms. The zero-order chi connectivity index (χ0) is 14.8. The van der Waals surface area contributed by atoms with Crippen LogP contribution in [0.1, 0.15) is 23.2 Å². The molecule has 0 aliphatic heterocycles. The molecule has 22 heavy (non-hydrogen) atoms. The molecule has 1 aromatic carbocycles. The highest BCUT2D eigenvalue weighted by atomic mass is 35.5. The number of amides is 1. The second-order valence-corrected chi connectivity index (χ2v) is 5.44. The van der Waals surface area contributed by atoms with Gasteiger partial charge in [-0.15, -0.1) is 12.4 Å². The molecule has 4 N–H and O–H groups in total. The number of aromatic amines is 1. The van der Waals surface area contributed by atoms with Crippen molar-refractivity contribution in [1.82, 2.24) is 10.3 Å². The summed E-state index contributed by atoms with van der Waals surface area (Å²) in [7, 11) is 0. The Kier molecular flexibility index (Phi) is 5.21. The lowest BCUT2D eigenvalue weighted by atomic mass is 10.0. The lowest BCUT2D eigenvalue weighted by Crippen LogP contribution is -2.41. The van der Waals surface area contributed by atoms with Crippen LogP contribution in [-0.4, -0.2) is 23.5 Å². The Morgan fingerprint density at radius 1 is 1.32 bits per heavy atom. The lowest BCUT2D eigenvalue weighted by Gasteiger charge is -2.16. The normalized spacial score (nSPS) is 15.0. The second-order valence-electron chi connectivity index (χ2n) is 5.44. The number of aromatic nitrogens is 1. The number of carbonyl (C=O) groups excluding carboxylic acids is 1. The van der Waals surface area contributed by atoms with E-state index in [2.05, 4.69) is 10.3 Å². The van der Waals surface area contributed by atoms with Crippen LogP contribution < -0.4 is 11.1 Å². The standard InChI is InChI=1S/C16H18FN3O.ClH/c17-12-5-3-10(4-6-12)13-8-19-9-14(13)16(21)20-15(7-18)11-1-2-11;/h3-6,8-9,11,15,19H,1-2,7,18H2,(H,20,21);1H. The van der Waals surface area contributed by atoms with Crippen molar-refractivity contribution in [2.24, 2.45) is 11.7 Å². The highest BCUT2D eigenvalue weighted by Gasteiger charge is 2.31. The molecular formula is C16H19ClFN3O. The molecule has 0 radical (unpaired) electrons. The molecule has 1 fully saturated rings. The van der Waals surface area contributed by atoms with Crippen LogP contribution in [0.5, 0.6) is 0 Å². The Morgan fingerprint density at radius 3 is 2.59 bits per heavy atom. The number of benzene rings is 1. The van der Waals surface area contributed by atoms with Crippen molar-refractivity contribution in [1.29, 1.82) is 0 Å². The summed E-state index contributed by atoms with van der Waals surface area (Å²) in [5, 5.41) is 2.99. The van der Waals surface area contributed by atoms with Crippen LogP contribution in [0.2, 0.25) is 0 Å². The van der Waals surface area contributed by atoms with Crippen molar-refractivity contribution in [3.8, 4) is 11.1 Å². The third-order valence-corrected chi connectivity index (χ3v) is 3.91.